The van der Waals surface area contributed by atoms with E-state index in [1.807, 2.05) is 18.2 Å². The Kier molecular flexibility index (Phi) is 6.47. The largest absolute Gasteiger partial charge is 0.398 e. The molecule has 1 aliphatic heterocycles. The molecule has 22 heavy (non-hydrogen) atoms. The van der Waals surface area contributed by atoms with E-state index < -0.39 is 0 Å². The summed E-state index contributed by atoms with van der Waals surface area (Å²) < 4.78 is 0. The van der Waals surface area contributed by atoms with Crippen LogP contribution in [0.15, 0.2) is 71.5 Å². The summed E-state index contributed by atoms with van der Waals surface area (Å²) in [6, 6.07) is 0. The Morgan fingerprint density at radius 1 is 1.36 bits per heavy atom. The second-order valence-corrected chi connectivity index (χ2v) is 6.22. The molecule has 2 aliphatic rings. The summed E-state index contributed by atoms with van der Waals surface area (Å²) in [7, 11) is 0. The van der Waals surface area contributed by atoms with E-state index >= 15 is 0 Å². The molecule has 0 bridgehead atoms. The molecule has 0 atom stereocenters. The lowest BCUT2D eigenvalue weighted by atomic mass is 9.94. The van der Waals surface area contributed by atoms with E-state index in [0.29, 0.717) is 0 Å². The second kappa shape index (κ2) is 8.60. The number of allylic oxidation sites excluding steroid dienone is 9. The van der Waals surface area contributed by atoms with Gasteiger partial charge in [-0.3, -0.25) is 0 Å². The molecular formula is C20H28N2. The third-order valence-corrected chi connectivity index (χ3v) is 4.22. The maximum absolute atomic E-state index is 6.16. The molecule has 2 nitrogen and oxygen atoms in total. The Hall–Kier alpha value is -1.80. The highest BCUT2D eigenvalue weighted by atomic mass is 14.9. The van der Waals surface area contributed by atoms with E-state index in [-0.39, 0.29) is 0 Å². The van der Waals surface area contributed by atoms with Gasteiger partial charge in [0, 0.05) is 5.70 Å². The molecule has 1 saturated heterocycles. The van der Waals surface area contributed by atoms with Gasteiger partial charge < -0.3 is 11.1 Å². The fourth-order valence-corrected chi connectivity index (χ4v) is 2.78. The Balaban J connectivity index is 1.84. The molecule has 0 unspecified atom stereocenters. The zero-order chi connectivity index (χ0) is 15.8. The van der Waals surface area contributed by atoms with Gasteiger partial charge in [0.05, 0.1) is 0 Å². The van der Waals surface area contributed by atoms with Crippen LogP contribution >= 0.6 is 0 Å². The third-order valence-electron chi connectivity index (χ3n) is 4.22. The maximum atomic E-state index is 6.16. The number of nitrogens with two attached hydrogens (primary N) is 1. The van der Waals surface area contributed by atoms with E-state index in [9.17, 15) is 0 Å². The van der Waals surface area contributed by atoms with Crippen LogP contribution < -0.4 is 11.1 Å². The molecular weight excluding hydrogens is 268 g/mol. The van der Waals surface area contributed by atoms with Crippen molar-refractivity contribution >= 4 is 0 Å². The van der Waals surface area contributed by atoms with Gasteiger partial charge in [-0.2, -0.15) is 0 Å². The summed E-state index contributed by atoms with van der Waals surface area (Å²) >= 11 is 0. The minimum absolute atomic E-state index is 0.823. The fraction of sp³-hybridized carbons (Fsp3) is 0.400. The van der Waals surface area contributed by atoms with Crippen molar-refractivity contribution in [3.63, 3.8) is 0 Å². The summed E-state index contributed by atoms with van der Waals surface area (Å²) in [6.45, 7) is 8.37. The van der Waals surface area contributed by atoms with E-state index in [1.54, 1.807) is 0 Å². The summed E-state index contributed by atoms with van der Waals surface area (Å²) in [5.41, 5.74) is 10.4. The molecule has 2 heteroatoms. The van der Waals surface area contributed by atoms with Crippen LogP contribution in [0.25, 0.3) is 0 Å². The normalized spacial score (nSPS) is 21.5. The van der Waals surface area contributed by atoms with Crippen molar-refractivity contribution < 1.29 is 0 Å². The Morgan fingerprint density at radius 3 is 2.82 bits per heavy atom. The molecule has 0 saturated carbocycles. The second-order valence-electron chi connectivity index (χ2n) is 6.22. The van der Waals surface area contributed by atoms with Gasteiger partial charge in [0.25, 0.3) is 0 Å². The van der Waals surface area contributed by atoms with Crippen molar-refractivity contribution in [2.24, 2.45) is 11.7 Å². The minimum atomic E-state index is 0.823. The van der Waals surface area contributed by atoms with Crippen LogP contribution in [0.1, 0.15) is 32.6 Å². The summed E-state index contributed by atoms with van der Waals surface area (Å²) in [5, 5.41) is 3.40. The Labute approximate surface area is 134 Å². The lowest BCUT2D eigenvalue weighted by molar-refractivity contribution is 0.377. The fourth-order valence-electron chi connectivity index (χ4n) is 2.78. The van der Waals surface area contributed by atoms with Gasteiger partial charge in [0.2, 0.25) is 0 Å². The highest BCUT2D eigenvalue weighted by molar-refractivity contribution is 5.46. The third kappa shape index (κ3) is 5.53. The van der Waals surface area contributed by atoms with Crippen molar-refractivity contribution in [2.45, 2.75) is 32.6 Å². The molecule has 1 aliphatic carbocycles. The quantitative estimate of drug-likeness (QED) is 0.747. The van der Waals surface area contributed by atoms with Crippen molar-refractivity contribution in [3.05, 3.63) is 71.5 Å². The van der Waals surface area contributed by atoms with Crippen LogP contribution in [0.2, 0.25) is 0 Å². The molecule has 0 amide bonds. The van der Waals surface area contributed by atoms with Crippen LogP contribution in [0.5, 0.6) is 0 Å². The summed E-state index contributed by atoms with van der Waals surface area (Å²) in [4.78, 5) is 0. The average molecular weight is 296 g/mol. The first kappa shape index (κ1) is 16.6. The standard InChI is InChI=1S/C20H28N2/c1-16-7-9-19(10-8-16)20(21)15-17(2)5-3-4-6-18-11-13-22-14-12-18/h3-5,7,9-10,15,18,22H,1,6,8,11-14,21H2,2H3/b4-3-,17-5+,20-15-. The molecule has 1 heterocycles. The minimum Gasteiger partial charge on any atom is -0.398 e. The number of hydrogen-bond donors (Lipinski definition) is 2. The van der Waals surface area contributed by atoms with E-state index in [1.165, 1.54) is 37.9 Å². The van der Waals surface area contributed by atoms with E-state index in [2.05, 4.69) is 43.1 Å². The van der Waals surface area contributed by atoms with Crippen molar-refractivity contribution in [1.82, 2.24) is 5.32 Å². The molecule has 0 aromatic rings. The highest BCUT2D eigenvalue weighted by Gasteiger charge is 2.10. The van der Waals surface area contributed by atoms with Crippen LogP contribution in [0.3, 0.4) is 0 Å². The van der Waals surface area contributed by atoms with Crippen LogP contribution in [-0.4, -0.2) is 13.1 Å². The first-order valence-electron chi connectivity index (χ1n) is 8.23. The maximum Gasteiger partial charge on any atom is 0.0387 e. The molecule has 3 N–H and O–H groups in total. The zero-order valence-corrected chi connectivity index (χ0v) is 13.6. The highest BCUT2D eigenvalue weighted by Crippen LogP contribution is 2.19. The predicted octanol–water partition coefficient (Wildman–Crippen LogP) is 4.16. The van der Waals surface area contributed by atoms with E-state index in [0.717, 1.165) is 29.2 Å². The molecule has 0 spiro atoms. The lowest BCUT2D eigenvalue weighted by Gasteiger charge is -2.20. The Morgan fingerprint density at radius 2 is 2.14 bits per heavy atom. The number of rotatable bonds is 5. The van der Waals surface area contributed by atoms with E-state index in [4.69, 9.17) is 5.73 Å². The number of hydrogen-bond acceptors (Lipinski definition) is 2. The van der Waals surface area contributed by atoms with Crippen molar-refractivity contribution in [3.8, 4) is 0 Å². The molecule has 0 radical (unpaired) electrons. The number of piperidine rings is 1. The lowest BCUT2D eigenvalue weighted by Crippen LogP contribution is -2.27. The molecule has 0 aromatic carbocycles. The van der Waals surface area contributed by atoms with Gasteiger partial charge in [0.15, 0.2) is 0 Å². The SMILES string of the molecule is C=C1C=CC(/C(N)=C/C(C)=C/C=C\CC2CCNCC2)=CC1. The average Bonchev–Trinajstić information content (AvgIpc) is 2.53. The monoisotopic (exact) mass is 296 g/mol. The first-order chi connectivity index (χ1) is 10.6. The molecule has 118 valence electrons. The van der Waals surface area contributed by atoms with Crippen molar-refractivity contribution in [2.75, 3.05) is 13.1 Å². The summed E-state index contributed by atoms with van der Waals surface area (Å²) in [5.74, 6) is 0.845. The molecule has 0 aromatic heterocycles. The van der Waals surface area contributed by atoms with Gasteiger partial charge in [0.1, 0.15) is 0 Å². The number of nitrogens with one attached hydrogen (secondary N) is 1. The van der Waals surface area contributed by atoms with Gasteiger partial charge in [-0.15, -0.1) is 0 Å². The van der Waals surface area contributed by atoms with Gasteiger partial charge in [-0.1, -0.05) is 48.6 Å². The predicted molar refractivity (Wildman–Crippen MR) is 96.4 cm³/mol. The topological polar surface area (TPSA) is 38.0 Å². The molecule has 1 fully saturated rings. The van der Waals surface area contributed by atoms with Gasteiger partial charge >= 0.3 is 0 Å². The van der Waals surface area contributed by atoms with Crippen molar-refractivity contribution in [1.29, 1.82) is 0 Å². The zero-order valence-electron chi connectivity index (χ0n) is 13.6. The Bertz CT molecular complexity index is 538. The van der Waals surface area contributed by atoms with Gasteiger partial charge in [-0.25, -0.2) is 0 Å². The first-order valence-corrected chi connectivity index (χ1v) is 8.23. The van der Waals surface area contributed by atoms with Crippen LogP contribution in [0.4, 0.5) is 0 Å². The molecule has 2 rings (SSSR count). The smallest absolute Gasteiger partial charge is 0.0387 e. The van der Waals surface area contributed by atoms with Crippen LogP contribution in [0, 0.1) is 5.92 Å². The summed E-state index contributed by atoms with van der Waals surface area (Å²) in [6.07, 6.45) is 19.5. The van der Waals surface area contributed by atoms with Gasteiger partial charge in [-0.05, 0) is 68.8 Å². The van der Waals surface area contributed by atoms with Crippen LogP contribution in [-0.2, 0) is 0 Å².